The number of Topliss-reactive ketones (excluding diaryl/α,β-unsaturated/α-hetero) is 1. The zero-order valence-electron chi connectivity index (χ0n) is 29.1. The van der Waals surface area contributed by atoms with E-state index in [1.54, 1.807) is 81.3 Å². The highest BCUT2D eigenvalue weighted by molar-refractivity contribution is 9.10. The van der Waals surface area contributed by atoms with Crippen LogP contribution in [-0.4, -0.2) is 72.4 Å². The van der Waals surface area contributed by atoms with Crippen LogP contribution in [0.25, 0.3) is 10.8 Å². The van der Waals surface area contributed by atoms with Crippen molar-refractivity contribution >= 4 is 67.7 Å². The monoisotopic (exact) mass is 754 g/mol. The molecule has 1 fully saturated rings. The molecule has 1 N–H and O–H groups in total. The summed E-state index contributed by atoms with van der Waals surface area (Å²) in [6.07, 6.45) is -0.222. The number of likely N-dealkylation sites (tertiary alicyclic amines) is 1. The molecule has 0 unspecified atom stereocenters. The topological polar surface area (TPSA) is 126 Å². The number of ketones is 1. The molecule has 11 nitrogen and oxygen atoms in total. The van der Waals surface area contributed by atoms with Crippen molar-refractivity contribution in [1.82, 2.24) is 10.2 Å². The summed E-state index contributed by atoms with van der Waals surface area (Å²) < 4.78 is 12.2. The van der Waals surface area contributed by atoms with E-state index < -0.39 is 41.5 Å². The van der Waals surface area contributed by atoms with Gasteiger partial charge >= 0.3 is 6.09 Å². The molecule has 12 heteroatoms. The molecule has 6 rings (SSSR count). The van der Waals surface area contributed by atoms with Gasteiger partial charge in [-0.15, -0.1) is 0 Å². The zero-order chi connectivity index (χ0) is 36.6. The molecule has 2 atom stereocenters. The lowest BCUT2D eigenvalue weighted by molar-refractivity contribution is -0.134. The number of benzene rings is 4. The highest BCUT2D eigenvalue weighted by Gasteiger charge is 2.43. The van der Waals surface area contributed by atoms with Crippen molar-refractivity contribution in [1.29, 1.82) is 0 Å². The van der Waals surface area contributed by atoms with Gasteiger partial charge in [-0.2, -0.15) is 0 Å². The number of ether oxygens (including phenoxy) is 2. The number of nitrogens with zero attached hydrogens (tertiary/aromatic N) is 3. The quantitative estimate of drug-likeness (QED) is 0.214. The first-order chi connectivity index (χ1) is 24.3. The molecule has 264 valence electrons. The van der Waals surface area contributed by atoms with Crippen LogP contribution in [-0.2, 0) is 20.9 Å². The Morgan fingerprint density at radius 3 is 2.24 bits per heavy atom. The molecule has 2 heterocycles. The summed E-state index contributed by atoms with van der Waals surface area (Å²) in [4.78, 5) is 72.1. The first-order valence-electron chi connectivity index (χ1n) is 16.6. The van der Waals surface area contributed by atoms with Gasteiger partial charge in [-0.3, -0.25) is 24.1 Å². The van der Waals surface area contributed by atoms with Crippen molar-refractivity contribution in [3.05, 3.63) is 100 Å². The molecule has 0 radical (unpaired) electrons. The van der Waals surface area contributed by atoms with Crippen LogP contribution in [0.5, 0.6) is 5.75 Å². The van der Waals surface area contributed by atoms with Gasteiger partial charge in [-0.1, -0.05) is 52.3 Å². The average molecular weight is 756 g/mol. The smallest absolute Gasteiger partial charge is 0.410 e. The molecular formula is C39H39BrN4O7. The second-order valence-electron chi connectivity index (χ2n) is 13.6. The van der Waals surface area contributed by atoms with Crippen molar-refractivity contribution in [3.63, 3.8) is 0 Å². The van der Waals surface area contributed by atoms with Gasteiger partial charge in [-0.25, -0.2) is 4.79 Å². The van der Waals surface area contributed by atoms with Crippen molar-refractivity contribution < 1.29 is 33.4 Å². The van der Waals surface area contributed by atoms with Gasteiger partial charge in [0.2, 0.25) is 5.91 Å². The van der Waals surface area contributed by atoms with Crippen LogP contribution < -0.4 is 19.9 Å². The van der Waals surface area contributed by atoms with E-state index in [-0.39, 0.29) is 18.9 Å². The Morgan fingerprint density at radius 1 is 0.922 bits per heavy atom. The summed E-state index contributed by atoms with van der Waals surface area (Å²) >= 11 is 3.54. The minimum absolute atomic E-state index is 0.0627. The standard InChI is InChI=1S/C39H39BrN4O7/c1-23(45)24-10-12-25(13-11-24)36(47)44-22-30(41-35(46)33-18-19-42(33)38(49)51-39(2,3)4)37(48)43(31-8-6-7-9-32(31)44)21-29-28-16-15-27(40)20-26(28)14-17-34(29)50-5/h6-17,20,30,33H,18-19,21-22H2,1-5H3,(H,41,46)/t30-,33-/m0/s1. The molecule has 0 saturated carbocycles. The average Bonchev–Trinajstić information content (AvgIpc) is 3.17. The van der Waals surface area contributed by atoms with Crippen molar-refractivity contribution in [2.24, 2.45) is 0 Å². The van der Waals surface area contributed by atoms with Gasteiger partial charge in [0.1, 0.15) is 23.4 Å². The maximum atomic E-state index is 14.8. The lowest BCUT2D eigenvalue weighted by Crippen LogP contribution is -2.62. The van der Waals surface area contributed by atoms with Crippen molar-refractivity contribution in [3.8, 4) is 5.75 Å². The number of rotatable bonds is 7. The molecule has 2 aliphatic heterocycles. The van der Waals surface area contributed by atoms with Gasteiger partial charge in [0.25, 0.3) is 11.8 Å². The Kier molecular flexibility index (Phi) is 9.90. The summed E-state index contributed by atoms with van der Waals surface area (Å²) in [5.74, 6) is -0.954. The molecule has 2 aliphatic rings. The minimum atomic E-state index is -1.19. The van der Waals surface area contributed by atoms with E-state index in [1.165, 1.54) is 16.7 Å². The van der Waals surface area contributed by atoms with Gasteiger partial charge in [-0.05, 0) is 87.4 Å². The molecule has 4 amide bonds. The van der Waals surface area contributed by atoms with Gasteiger partial charge in [0, 0.05) is 27.7 Å². The van der Waals surface area contributed by atoms with Gasteiger partial charge in [0.15, 0.2) is 5.78 Å². The predicted octanol–water partition coefficient (Wildman–Crippen LogP) is 6.50. The second-order valence-corrected chi connectivity index (χ2v) is 14.5. The van der Waals surface area contributed by atoms with E-state index in [0.717, 1.165) is 20.8 Å². The summed E-state index contributed by atoms with van der Waals surface area (Å²) in [5.41, 5.74) is 1.68. The van der Waals surface area contributed by atoms with E-state index in [1.807, 2.05) is 30.3 Å². The SMILES string of the molecule is COc1ccc2cc(Br)ccc2c1CN1C(=O)[C@@H](NC(=O)[C@@H]2CCN2C(=O)OC(C)(C)C)CN(C(=O)c2ccc(C(C)=O)cc2)c2ccccc21. The Morgan fingerprint density at radius 2 is 1.61 bits per heavy atom. The van der Waals surface area contributed by atoms with Crippen LogP contribution in [0.15, 0.2) is 83.3 Å². The summed E-state index contributed by atoms with van der Waals surface area (Å²) in [6.45, 7) is 6.90. The maximum absolute atomic E-state index is 14.8. The van der Waals surface area contributed by atoms with E-state index in [9.17, 15) is 24.0 Å². The van der Waals surface area contributed by atoms with Crippen LogP contribution >= 0.6 is 15.9 Å². The normalized spacial score (nSPS) is 17.3. The third kappa shape index (κ3) is 7.32. The maximum Gasteiger partial charge on any atom is 0.410 e. The number of hydrogen-bond donors (Lipinski definition) is 1. The molecular weight excluding hydrogens is 716 g/mol. The van der Waals surface area contributed by atoms with Crippen LogP contribution in [0, 0.1) is 0 Å². The number of methoxy groups -OCH3 is 1. The molecule has 4 aromatic rings. The fourth-order valence-corrected chi connectivity index (χ4v) is 6.76. The number of carbonyl (C=O) groups is 5. The van der Waals surface area contributed by atoms with Crippen LogP contribution in [0.4, 0.5) is 16.2 Å². The van der Waals surface area contributed by atoms with Crippen LogP contribution in [0.3, 0.4) is 0 Å². The predicted molar refractivity (Wildman–Crippen MR) is 197 cm³/mol. The third-order valence-corrected chi connectivity index (χ3v) is 9.52. The molecule has 4 aromatic carbocycles. The molecule has 51 heavy (non-hydrogen) atoms. The second kappa shape index (κ2) is 14.2. The molecule has 0 spiro atoms. The van der Waals surface area contributed by atoms with Crippen molar-refractivity contribution in [2.45, 2.75) is 58.3 Å². The Hall–Kier alpha value is -5.23. The zero-order valence-corrected chi connectivity index (χ0v) is 30.7. The third-order valence-electron chi connectivity index (χ3n) is 9.03. The molecule has 0 aliphatic carbocycles. The Labute approximate surface area is 304 Å². The number of anilines is 2. The fraction of sp³-hybridized carbons (Fsp3) is 0.308. The molecule has 1 saturated heterocycles. The number of hydrogen-bond acceptors (Lipinski definition) is 7. The Bertz CT molecular complexity index is 2040. The Balaban J connectivity index is 1.41. The molecule has 0 bridgehead atoms. The lowest BCUT2D eigenvalue weighted by Gasteiger charge is -2.40. The van der Waals surface area contributed by atoms with Crippen molar-refractivity contribution in [2.75, 3.05) is 30.0 Å². The highest BCUT2D eigenvalue weighted by Crippen LogP contribution is 2.38. The fourth-order valence-electron chi connectivity index (χ4n) is 6.38. The lowest BCUT2D eigenvalue weighted by atomic mass is 10.0. The number of halogens is 1. The first-order valence-corrected chi connectivity index (χ1v) is 17.4. The molecule has 0 aromatic heterocycles. The number of nitrogens with one attached hydrogen (secondary N) is 1. The summed E-state index contributed by atoms with van der Waals surface area (Å²) in [6, 6.07) is 21.0. The first kappa shape index (κ1) is 35.6. The van der Waals surface area contributed by atoms with E-state index in [2.05, 4.69) is 21.2 Å². The minimum Gasteiger partial charge on any atom is -0.496 e. The summed E-state index contributed by atoms with van der Waals surface area (Å²) in [7, 11) is 1.57. The summed E-state index contributed by atoms with van der Waals surface area (Å²) in [5, 5.41) is 4.69. The van der Waals surface area contributed by atoms with Gasteiger partial charge in [0.05, 0.1) is 31.6 Å². The van der Waals surface area contributed by atoms with E-state index in [0.29, 0.717) is 41.2 Å². The number of carbonyl (C=O) groups excluding carboxylic acids is 5. The van der Waals surface area contributed by atoms with Crippen LogP contribution in [0.1, 0.15) is 60.4 Å². The number of para-hydroxylation sites is 2. The largest absolute Gasteiger partial charge is 0.496 e. The van der Waals surface area contributed by atoms with E-state index >= 15 is 0 Å². The number of fused-ring (bicyclic) bond motifs is 2. The highest BCUT2D eigenvalue weighted by atomic mass is 79.9. The van der Waals surface area contributed by atoms with Gasteiger partial charge < -0.3 is 24.6 Å². The van der Waals surface area contributed by atoms with Crippen LogP contribution in [0.2, 0.25) is 0 Å². The van der Waals surface area contributed by atoms with E-state index in [4.69, 9.17) is 9.47 Å². The number of amides is 4.